The summed E-state index contributed by atoms with van der Waals surface area (Å²) in [6, 6.07) is 16.0. The van der Waals surface area contributed by atoms with E-state index in [0.29, 0.717) is 30.0 Å². The van der Waals surface area contributed by atoms with E-state index >= 15 is 0 Å². The van der Waals surface area contributed by atoms with Gasteiger partial charge in [0.15, 0.2) is 0 Å². The highest BCUT2D eigenvalue weighted by molar-refractivity contribution is 5.95. The number of carbonyl (C=O) groups is 3. The van der Waals surface area contributed by atoms with Crippen LogP contribution in [0.3, 0.4) is 0 Å². The maximum Gasteiger partial charge on any atom is 0.330 e. The minimum Gasteiger partial charge on any atom is -0.497 e. The smallest absolute Gasteiger partial charge is 0.330 e. The minimum absolute atomic E-state index is 0.175. The Balaban J connectivity index is 1.31. The van der Waals surface area contributed by atoms with Crippen LogP contribution in [0.25, 0.3) is 22.2 Å². The summed E-state index contributed by atoms with van der Waals surface area (Å²) in [6.07, 6.45) is 6.35. The van der Waals surface area contributed by atoms with Gasteiger partial charge in [-0.05, 0) is 37.8 Å². The fourth-order valence-electron chi connectivity index (χ4n) is 5.90. The molecule has 2 fully saturated rings. The van der Waals surface area contributed by atoms with Crippen LogP contribution >= 0.6 is 0 Å². The van der Waals surface area contributed by atoms with Crippen LogP contribution in [-0.2, 0) is 9.59 Å². The molecule has 3 amide bonds. The van der Waals surface area contributed by atoms with Crippen LogP contribution in [-0.4, -0.2) is 70.8 Å². The highest BCUT2D eigenvalue weighted by Crippen LogP contribution is 2.45. The van der Waals surface area contributed by atoms with E-state index in [0.717, 1.165) is 35.9 Å². The first kappa shape index (κ1) is 27.6. The van der Waals surface area contributed by atoms with E-state index in [2.05, 4.69) is 10.6 Å². The highest BCUT2D eigenvalue weighted by Gasteiger charge is 2.61. The van der Waals surface area contributed by atoms with E-state index in [-0.39, 0.29) is 24.9 Å². The molecule has 42 heavy (non-hydrogen) atoms. The van der Waals surface area contributed by atoms with Gasteiger partial charge >= 0.3 is 12.0 Å². The molecular weight excluding hydrogens is 536 g/mol. The number of hydrogen-bond donors (Lipinski definition) is 3. The van der Waals surface area contributed by atoms with Crippen LogP contribution in [0.15, 0.2) is 66.7 Å². The Morgan fingerprint density at radius 1 is 1.12 bits per heavy atom. The fourth-order valence-corrected chi connectivity index (χ4v) is 5.90. The van der Waals surface area contributed by atoms with E-state index in [4.69, 9.17) is 14.5 Å². The van der Waals surface area contributed by atoms with Crippen LogP contribution in [0.2, 0.25) is 0 Å². The van der Waals surface area contributed by atoms with Crippen molar-refractivity contribution in [2.45, 2.75) is 49.8 Å². The van der Waals surface area contributed by atoms with E-state index < -0.39 is 29.6 Å². The molecule has 3 aromatic rings. The van der Waals surface area contributed by atoms with Gasteiger partial charge in [-0.25, -0.2) is 14.6 Å². The average molecular weight is 571 g/mol. The van der Waals surface area contributed by atoms with Crippen molar-refractivity contribution in [2.75, 3.05) is 20.2 Å². The molecule has 10 heteroatoms. The summed E-state index contributed by atoms with van der Waals surface area (Å²) < 4.78 is 12.0. The molecule has 0 bridgehead atoms. The quantitative estimate of drug-likeness (QED) is 0.393. The van der Waals surface area contributed by atoms with E-state index in [1.165, 1.54) is 4.90 Å². The Kier molecular flexibility index (Phi) is 7.45. The lowest BCUT2D eigenvalue weighted by Crippen LogP contribution is -2.54. The number of hydrogen-bond acceptors (Lipinski definition) is 6. The number of nitrogens with zero attached hydrogens (tertiary/aromatic N) is 2. The van der Waals surface area contributed by atoms with Crippen molar-refractivity contribution in [1.29, 1.82) is 0 Å². The van der Waals surface area contributed by atoms with Gasteiger partial charge in [0.1, 0.15) is 29.2 Å². The number of pyridine rings is 1. The Morgan fingerprint density at radius 2 is 1.95 bits per heavy atom. The third-order valence-electron chi connectivity index (χ3n) is 8.35. The molecule has 10 nitrogen and oxygen atoms in total. The fraction of sp³-hybridized carbons (Fsp3) is 0.375. The second-order valence-corrected chi connectivity index (χ2v) is 11.1. The lowest BCUT2D eigenvalue weighted by molar-refractivity contribution is -0.144. The van der Waals surface area contributed by atoms with Crippen molar-refractivity contribution in [1.82, 2.24) is 20.5 Å². The zero-order valence-electron chi connectivity index (χ0n) is 23.4. The molecular formula is C32H34N4O6. The van der Waals surface area contributed by atoms with Crippen LogP contribution in [0.4, 0.5) is 4.79 Å². The lowest BCUT2D eigenvalue weighted by atomic mass is 10.1. The predicted molar refractivity (Wildman–Crippen MR) is 156 cm³/mol. The van der Waals surface area contributed by atoms with Gasteiger partial charge in [-0.1, -0.05) is 42.5 Å². The number of allylic oxidation sites excluding steroid dienone is 1. The van der Waals surface area contributed by atoms with Gasteiger partial charge in [0, 0.05) is 42.0 Å². The van der Waals surface area contributed by atoms with E-state index in [1.807, 2.05) is 66.7 Å². The number of carbonyl (C=O) groups excluding carboxylic acids is 2. The van der Waals surface area contributed by atoms with Crippen molar-refractivity contribution in [3.8, 4) is 22.8 Å². The summed E-state index contributed by atoms with van der Waals surface area (Å²) in [6.45, 7) is 0.663. The zero-order chi connectivity index (χ0) is 29.3. The van der Waals surface area contributed by atoms with Gasteiger partial charge in [-0.15, -0.1) is 0 Å². The molecule has 1 aromatic heterocycles. The standard InChI is InChI=1S/C32H34N4O6/c1-41-22-12-13-24-26(15-22)34-25(20-9-5-4-6-10-20)17-28(24)42-23-16-27-29(37)35-32(30(38)39)18-21(32)11-7-2-3-8-14-33-31(40)36(27)19-23/h4-7,9-13,15,17,21,23,27H,2-3,8,14,16,18-19H2,1H3,(H,33,40)(H,35,37)(H,38,39)/b11-7+. The second-order valence-electron chi connectivity index (χ2n) is 11.1. The molecule has 1 aliphatic carbocycles. The maximum atomic E-state index is 13.6. The number of carboxylic acid groups (broad SMARTS) is 1. The molecule has 3 N–H and O–H groups in total. The summed E-state index contributed by atoms with van der Waals surface area (Å²) >= 11 is 0. The molecule has 0 radical (unpaired) electrons. The molecule has 2 aliphatic heterocycles. The summed E-state index contributed by atoms with van der Waals surface area (Å²) in [5.74, 6) is -0.578. The van der Waals surface area contributed by atoms with Gasteiger partial charge in [0.2, 0.25) is 5.91 Å². The number of fused-ring (bicyclic) bond motifs is 3. The molecule has 6 rings (SSSR count). The van der Waals surface area contributed by atoms with Crippen LogP contribution in [0.1, 0.15) is 32.1 Å². The summed E-state index contributed by atoms with van der Waals surface area (Å²) in [7, 11) is 1.60. The first-order valence-electron chi connectivity index (χ1n) is 14.4. The van der Waals surface area contributed by atoms with E-state index in [9.17, 15) is 19.5 Å². The third kappa shape index (κ3) is 5.36. The van der Waals surface area contributed by atoms with Crippen LogP contribution in [0, 0.1) is 5.92 Å². The van der Waals surface area contributed by atoms with Gasteiger partial charge in [-0.3, -0.25) is 4.79 Å². The van der Waals surface area contributed by atoms with Crippen LogP contribution < -0.4 is 20.1 Å². The number of urea groups is 1. The number of rotatable bonds is 5. The molecule has 1 saturated heterocycles. The monoisotopic (exact) mass is 570 g/mol. The van der Waals surface area contributed by atoms with Crippen molar-refractivity contribution in [3.63, 3.8) is 0 Å². The van der Waals surface area contributed by atoms with Gasteiger partial charge in [-0.2, -0.15) is 0 Å². The summed E-state index contributed by atoms with van der Waals surface area (Å²) in [4.78, 5) is 45.4. The highest BCUT2D eigenvalue weighted by atomic mass is 16.5. The second kappa shape index (κ2) is 11.3. The Hall–Kier alpha value is -4.60. The predicted octanol–water partition coefficient (Wildman–Crippen LogP) is 4.14. The van der Waals surface area contributed by atoms with Gasteiger partial charge in [0.05, 0.1) is 24.9 Å². The SMILES string of the molecule is COc1ccc2c(OC3CC4C(=O)NC5(C(=O)O)CC5/C=C/CCCCNC(=O)N4C3)cc(-c3ccccc3)nc2c1. The lowest BCUT2D eigenvalue weighted by Gasteiger charge is -2.25. The molecule has 2 aromatic carbocycles. The zero-order valence-corrected chi connectivity index (χ0v) is 23.4. The Labute approximate surface area is 243 Å². The first-order valence-corrected chi connectivity index (χ1v) is 14.4. The molecule has 4 unspecified atom stereocenters. The Bertz CT molecular complexity index is 1540. The molecule has 218 valence electrons. The van der Waals surface area contributed by atoms with Gasteiger partial charge < -0.3 is 30.1 Å². The minimum atomic E-state index is -1.34. The first-order chi connectivity index (χ1) is 20.4. The average Bonchev–Trinajstić information content (AvgIpc) is 3.53. The normalized spacial score (nSPS) is 26.7. The third-order valence-corrected chi connectivity index (χ3v) is 8.35. The maximum absolute atomic E-state index is 13.6. The number of benzene rings is 2. The molecule has 3 heterocycles. The molecule has 0 spiro atoms. The summed E-state index contributed by atoms with van der Waals surface area (Å²) in [5.41, 5.74) is 0.981. The number of ether oxygens (including phenoxy) is 2. The Morgan fingerprint density at radius 3 is 2.74 bits per heavy atom. The van der Waals surface area contributed by atoms with Crippen molar-refractivity contribution in [2.24, 2.45) is 5.92 Å². The number of carboxylic acids is 1. The topological polar surface area (TPSA) is 130 Å². The number of aromatic nitrogens is 1. The summed E-state index contributed by atoms with van der Waals surface area (Å²) in [5, 5.41) is 16.5. The largest absolute Gasteiger partial charge is 0.497 e. The molecule has 1 saturated carbocycles. The molecule has 4 atom stereocenters. The number of methoxy groups -OCH3 is 1. The van der Waals surface area contributed by atoms with Gasteiger partial charge in [0.25, 0.3) is 0 Å². The van der Waals surface area contributed by atoms with Crippen molar-refractivity contribution >= 4 is 28.8 Å². The van der Waals surface area contributed by atoms with Crippen molar-refractivity contribution in [3.05, 3.63) is 66.7 Å². The number of nitrogens with one attached hydrogen (secondary N) is 2. The molecule has 3 aliphatic rings. The van der Waals surface area contributed by atoms with E-state index in [1.54, 1.807) is 7.11 Å². The van der Waals surface area contributed by atoms with Crippen LogP contribution in [0.5, 0.6) is 11.5 Å². The van der Waals surface area contributed by atoms with Crippen molar-refractivity contribution < 1.29 is 29.0 Å². The number of aliphatic carboxylic acids is 1. The number of amides is 3.